The maximum Gasteiger partial charge on any atom is 0.737 e. The number of carbonyl (C=O) groups excluding carboxylic acids is 2. The van der Waals surface area contributed by atoms with Gasteiger partial charge in [-0.2, -0.15) is 0 Å². The van der Waals surface area contributed by atoms with Crippen LogP contribution in [-0.4, -0.2) is 52.7 Å². The molecule has 0 radical (unpaired) electrons. The largest absolute Gasteiger partial charge is 0.737 e. The van der Waals surface area contributed by atoms with E-state index in [1.807, 2.05) is 0 Å². The van der Waals surface area contributed by atoms with E-state index in [-0.39, 0.29) is 39.6 Å². The Labute approximate surface area is 243 Å². The molecule has 0 saturated carbocycles. The number of nitro groups is 1. The van der Waals surface area contributed by atoms with E-state index in [0.717, 1.165) is 8.96 Å². The van der Waals surface area contributed by atoms with Crippen LogP contribution in [0.5, 0.6) is 0 Å². The Morgan fingerprint density at radius 1 is 0.744 bits per heavy atom. The molecule has 12 heteroatoms. The number of hydrogen-bond acceptors (Lipinski definition) is 6. The predicted molar refractivity (Wildman–Crippen MR) is 155 cm³/mol. The second kappa shape index (κ2) is 10.3. The number of aromatic nitrogens is 1. The lowest BCUT2D eigenvalue weighted by atomic mass is 9.85. The van der Waals surface area contributed by atoms with Gasteiger partial charge in [-0.15, -0.1) is 0 Å². The van der Waals surface area contributed by atoms with Crippen molar-refractivity contribution < 1.29 is 37.1 Å². The molecule has 4 aromatic rings. The molecule has 0 aliphatic carbocycles. The van der Waals surface area contributed by atoms with E-state index in [2.05, 4.69) is 0 Å². The molecule has 3 aromatic carbocycles. The van der Waals surface area contributed by atoms with Gasteiger partial charge in [-0.3, -0.25) is 10.1 Å². The van der Waals surface area contributed by atoms with Crippen LogP contribution in [0.1, 0.15) is 37.5 Å². The van der Waals surface area contributed by atoms with Gasteiger partial charge in [-0.25, -0.2) is 9.59 Å². The summed E-state index contributed by atoms with van der Waals surface area (Å²) in [4.78, 5) is 34.7. The van der Waals surface area contributed by atoms with Gasteiger partial charge in [0, 0.05) is 41.2 Å². The van der Waals surface area contributed by atoms with Gasteiger partial charge in [-0.1, -0.05) is 12.1 Å². The zero-order valence-corrected chi connectivity index (χ0v) is 22.9. The summed E-state index contributed by atoms with van der Waals surface area (Å²) in [7, 11) is 2.51. The monoisotopic (exact) mass is 581 g/mol. The van der Waals surface area contributed by atoms with E-state index in [0.29, 0.717) is 22.3 Å². The van der Waals surface area contributed by atoms with Gasteiger partial charge in [-0.05, 0) is 71.8 Å². The minimum Gasteiger partial charge on any atom is -0.465 e. The number of halogens is 2. The second-order valence-electron chi connectivity index (χ2n) is 9.85. The van der Waals surface area contributed by atoms with E-state index < -0.39 is 23.8 Å². The molecule has 0 spiro atoms. The fourth-order valence-electron chi connectivity index (χ4n) is 5.53. The molecule has 0 N–H and O–H groups in total. The highest BCUT2D eigenvalue weighted by Crippen LogP contribution is 2.43. The fraction of sp³-hybridized carbons (Fsp3) is 0.0645. The molecule has 3 heterocycles. The van der Waals surface area contributed by atoms with Crippen LogP contribution in [-0.2, 0) is 9.47 Å². The van der Waals surface area contributed by atoms with E-state index in [1.165, 1.54) is 62.8 Å². The molecule has 43 heavy (non-hydrogen) atoms. The van der Waals surface area contributed by atoms with Crippen molar-refractivity contribution in [1.82, 2.24) is 4.48 Å². The maximum absolute atomic E-state index is 16.9. The van der Waals surface area contributed by atoms with Crippen LogP contribution in [0.3, 0.4) is 0 Å². The molecule has 6 rings (SSSR count). The summed E-state index contributed by atoms with van der Waals surface area (Å²) < 4.78 is 45.2. The first-order valence-electron chi connectivity index (χ1n) is 13.1. The summed E-state index contributed by atoms with van der Waals surface area (Å²) in [6.07, 6.45) is 3.18. The molecule has 0 atom stereocenters. The molecule has 1 aromatic heterocycles. The number of ether oxygens (including phenoxy) is 2. The number of fused-ring (bicyclic) bond motifs is 2. The molecule has 0 amide bonds. The van der Waals surface area contributed by atoms with Gasteiger partial charge < -0.3 is 27.1 Å². The van der Waals surface area contributed by atoms with Crippen molar-refractivity contribution in [2.24, 2.45) is 0 Å². The van der Waals surface area contributed by atoms with Crippen LogP contribution in [0.25, 0.3) is 16.8 Å². The summed E-state index contributed by atoms with van der Waals surface area (Å²) in [6, 6.07) is 21.2. The molecule has 0 saturated heterocycles. The van der Waals surface area contributed by atoms with E-state index in [9.17, 15) is 19.7 Å². The lowest BCUT2D eigenvalue weighted by Crippen LogP contribution is -2.51. The predicted octanol–water partition coefficient (Wildman–Crippen LogP) is 5.70. The lowest BCUT2D eigenvalue weighted by molar-refractivity contribution is -0.384. The quantitative estimate of drug-likeness (QED) is 0.125. The number of nitrogens with zero attached hydrogens (tertiary/aromatic N) is 3. The standard InChI is InChI=1S/C31H22BF2N3O6/c1-42-30(38)22-7-3-19(4-8-22)25-15-17-27-29(21-11-13-24(14-12-21)37(40)41)28-18-16-26(36(28)32(33,34)35(25)27)20-5-9-23(10-6-20)31(39)43-2/h3-18H,1-2H3. The zero-order chi connectivity index (χ0) is 30.5. The van der Waals surface area contributed by atoms with Crippen LogP contribution in [0.15, 0.2) is 103 Å². The summed E-state index contributed by atoms with van der Waals surface area (Å²) >= 11 is 0. The Hall–Kier alpha value is -5.65. The molecule has 0 fully saturated rings. The van der Waals surface area contributed by atoms with Crippen LogP contribution in [0.2, 0.25) is 0 Å². The van der Waals surface area contributed by atoms with Crippen molar-refractivity contribution >= 4 is 35.9 Å². The van der Waals surface area contributed by atoms with Crippen LogP contribution in [0.4, 0.5) is 14.3 Å². The highest BCUT2D eigenvalue weighted by Gasteiger charge is 2.54. The molecule has 9 nitrogen and oxygen atoms in total. The normalized spacial score (nSPS) is 14.8. The van der Waals surface area contributed by atoms with Crippen molar-refractivity contribution in [1.29, 1.82) is 0 Å². The van der Waals surface area contributed by atoms with Crippen molar-refractivity contribution in [3.8, 4) is 11.3 Å². The number of non-ortho nitro benzene ring substituents is 1. The van der Waals surface area contributed by atoms with Crippen LogP contribution < -0.4 is 0 Å². The number of esters is 2. The third kappa shape index (κ3) is 4.44. The Kier molecular flexibility index (Phi) is 6.61. The highest BCUT2D eigenvalue weighted by atomic mass is 19.2. The summed E-state index contributed by atoms with van der Waals surface area (Å²) in [5.41, 5.74) is 3.16. The van der Waals surface area contributed by atoms with Gasteiger partial charge >= 0.3 is 18.9 Å². The molecule has 0 unspecified atom stereocenters. The number of allylic oxidation sites excluding steroid dienone is 2. The Morgan fingerprint density at radius 3 is 1.79 bits per heavy atom. The molecule has 2 aliphatic heterocycles. The first-order valence-corrected chi connectivity index (χ1v) is 13.1. The number of nitro benzene ring substituents is 1. The second-order valence-corrected chi connectivity index (χ2v) is 9.85. The fourth-order valence-corrected chi connectivity index (χ4v) is 5.53. The van der Waals surface area contributed by atoms with Crippen LogP contribution >= 0.6 is 0 Å². The third-order valence-corrected chi connectivity index (χ3v) is 7.54. The smallest absolute Gasteiger partial charge is 0.465 e. The van der Waals surface area contributed by atoms with Crippen LogP contribution in [0, 0.1) is 10.1 Å². The third-order valence-electron chi connectivity index (χ3n) is 7.54. The number of methoxy groups -OCH3 is 2. The minimum atomic E-state index is -4.49. The van der Waals surface area contributed by atoms with Gasteiger partial charge in [0.1, 0.15) is 0 Å². The highest BCUT2D eigenvalue weighted by molar-refractivity contribution is 6.59. The Bertz CT molecular complexity index is 1910. The van der Waals surface area contributed by atoms with E-state index >= 15 is 8.63 Å². The molecule has 2 aliphatic rings. The summed E-state index contributed by atoms with van der Waals surface area (Å²) in [6.45, 7) is -4.49. The van der Waals surface area contributed by atoms with E-state index in [4.69, 9.17) is 9.47 Å². The maximum atomic E-state index is 16.9. The zero-order valence-electron chi connectivity index (χ0n) is 22.9. The summed E-state index contributed by atoms with van der Waals surface area (Å²) in [5, 5.41) is 11.3. The topological polar surface area (TPSA) is 104 Å². The lowest BCUT2D eigenvalue weighted by Gasteiger charge is -2.33. The average Bonchev–Trinajstić information content (AvgIpc) is 3.68. The molecule has 214 valence electrons. The SMILES string of the molecule is COC(=O)c1ccc(C2=[N+]3C(=C(c4ccc([N+](=O)[O-])cc4)c4ccc(-c5ccc(C(=O)OC)cc5)n4[B-]3(F)F)C=C2)cc1. The van der Waals surface area contributed by atoms with Crippen molar-refractivity contribution in [2.45, 2.75) is 0 Å². The van der Waals surface area contributed by atoms with Gasteiger partial charge in [0.05, 0.1) is 35.8 Å². The number of benzene rings is 3. The van der Waals surface area contributed by atoms with Gasteiger partial charge in [0.15, 0.2) is 11.4 Å². The number of rotatable bonds is 6. The van der Waals surface area contributed by atoms with Gasteiger partial charge in [0.2, 0.25) is 0 Å². The minimum absolute atomic E-state index is 0.127. The Balaban J connectivity index is 1.58. The molecular weight excluding hydrogens is 559 g/mol. The number of carbonyl (C=O) groups is 2. The summed E-state index contributed by atoms with van der Waals surface area (Å²) in [5.74, 6) is -1.10. The van der Waals surface area contributed by atoms with Gasteiger partial charge in [0.25, 0.3) is 5.69 Å². The van der Waals surface area contributed by atoms with Crippen molar-refractivity contribution in [3.63, 3.8) is 0 Å². The van der Waals surface area contributed by atoms with Crippen molar-refractivity contribution in [2.75, 3.05) is 14.2 Å². The van der Waals surface area contributed by atoms with Crippen molar-refractivity contribution in [3.05, 3.63) is 141 Å². The molecule has 0 bridgehead atoms. The first kappa shape index (κ1) is 27.5. The average molecular weight is 581 g/mol. The molecular formula is C31H22BF2N3O6. The first-order chi connectivity index (χ1) is 20.6. The number of hydrogen-bond donors (Lipinski definition) is 0. The Morgan fingerprint density at radius 2 is 1.26 bits per heavy atom. The van der Waals surface area contributed by atoms with E-state index in [1.54, 1.807) is 48.6 Å².